The number of nitrogens with zero attached hydrogens (tertiary/aromatic N) is 3. The van der Waals surface area contributed by atoms with Crippen LogP contribution in [-0.4, -0.2) is 41.3 Å². The lowest BCUT2D eigenvalue weighted by molar-refractivity contribution is 0.0899. The number of carbonyl (C=O) groups is 1. The Morgan fingerprint density at radius 3 is 2.86 bits per heavy atom. The van der Waals surface area contributed by atoms with Crippen molar-refractivity contribution in [2.45, 2.75) is 77.5 Å². The summed E-state index contributed by atoms with van der Waals surface area (Å²) < 4.78 is 7.76. The van der Waals surface area contributed by atoms with E-state index >= 15 is 0 Å². The highest BCUT2D eigenvalue weighted by Gasteiger charge is 2.25. The summed E-state index contributed by atoms with van der Waals surface area (Å²) in [6, 6.07) is 3.10. The molecular formula is C21H35N5O2Si. The summed E-state index contributed by atoms with van der Waals surface area (Å²) >= 11 is 0. The molecular weight excluding hydrogens is 382 g/mol. The molecule has 1 aliphatic rings. The smallest absolute Gasteiger partial charge is 0.320 e. The monoisotopic (exact) mass is 417 g/mol. The Balaban J connectivity index is 1.55. The third-order valence-electron chi connectivity index (χ3n) is 5.68. The molecule has 1 fully saturated rings. The number of ether oxygens (including phenoxy) is 1. The van der Waals surface area contributed by atoms with E-state index in [1.165, 1.54) is 19.3 Å². The molecule has 0 unspecified atom stereocenters. The number of fused-ring (bicyclic) bond motifs is 1. The highest BCUT2D eigenvalue weighted by atomic mass is 28.3. The molecule has 0 aliphatic heterocycles. The molecule has 0 bridgehead atoms. The lowest BCUT2D eigenvalue weighted by Gasteiger charge is -2.31. The standard InChI is InChI=1S/C21H35N5O2Si/c1-5-16-8-6-7-9-17(16)24-21(27)25-19-14-22-20-18(23-19)10-11-26(20)15-28-12-13-29(2,3)4/h10-11,14,16-17H,5-9,12-13,15H2,1-4H3,(H2,23,24,25,27)/t16-,17+/m0/s1. The zero-order valence-corrected chi connectivity index (χ0v) is 19.2. The van der Waals surface area contributed by atoms with E-state index in [2.05, 4.69) is 47.2 Å². The lowest BCUT2D eigenvalue weighted by atomic mass is 9.83. The van der Waals surface area contributed by atoms with Crippen molar-refractivity contribution in [2.75, 3.05) is 11.9 Å². The molecule has 1 aliphatic carbocycles. The Hall–Kier alpha value is -1.93. The predicted octanol–water partition coefficient (Wildman–Crippen LogP) is 4.83. The normalized spacial score (nSPS) is 20.0. The zero-order chi connectivity index (χ0) is 20.9. The van der Waals surface area contributed by atoms with Crippen molar-refractivity contribution in [1.82, 2.24) is 19.9 Å². The van der Waals surface area contributed by atoms with Gasteiger partial charge in [-0.1, -0.05) is 45.8 Å². The third-order valence-corrected chi connectivity index (χ3v) is 7.39. The molecule has 0 radical (unpaired) electrons. The molecule has 7 nitrogen and oxygen atoms in total. The molecule has 0 aromatic carbocycles. The summed E-state index contributed by atoms with van der Waals surface area (Å²) in [5.41, 5.74) is 1.52. The van der Waals surface area contributed by atoms with Crippen LogP contribution >= 0.6 is 0 Å². The summed E-state index contributed by atoms with van der Waals surface area (Å²) in [6.07, 6.45) is 9.33. The lowest BCUT2D eigenvalue weighted by Crippen LogP contribution is -2.44. The molecule has 2 atom stereocenters. The Labute approximate surface area is 174 Å². The fraction of sp³-hybridized carbons (Fsp3) is 0.667. The van der Waals surface area contributed by atoms with Crippen molar-refractivity contribution >= 4 is 31.1 Å². The summed E-state index contributed by atoms with van der Waals surface area (Å²) in [5.74, 6) is 1.04. The van der Waals surface area contributed by atoms with Crippen LogP contribution in [0.15, 0.2) is 18.5 Å². The quantitative estimate of drug-likeness (QED) is 0.476. The van der Waals surface area contributed by atoms with Crippen molar-refractivity contribution in [3.63, 3.8) is 0 Å². The first-order chi connectivity index (χ1) is 13.9. The van der Waals surface area contributed by atoms with Crippen LogP contribution in [0.25, 0.3) is 11.2 Å². The van der Waals surface area contributed by atoms with Gasteiger partial charge in [-0.25, -0.2) is 14.8 Å². The van der Waals surface area contributed by atoms with Crippen molar-refractivity contribution in [2.24, 2.45) is 5.92 Å². The SMILES string of the molecule is CC[C@H]1CCCC[C@H]1NC(=O)Nc1cnc2c(ccn2COCC[Si](C)(C)C)n1. The first-order valence-corrected chi connectivity index (χ1v) is 14.5. The predicted molar refractivity (Wildman–Crippen MR) is 120 cm³/mol. The molecule has 2 N–H and O–H groups in total. The number of aromatic nitrogens is 3. The summed E-state index contributed by atoms with van der Waals surface area (Å²) in [6.45, 7) is 10.5. The first-order valence-electron chi connectivity index (χ1n) is 10.8. The van der Waals surface area contributed by atoms with Gasteiger partial charge in [0, 0.05) is 26.9 Å². The average Bonchev–Trinajstić information content (AvgIpc) is 3.07. The second-order valence-electron chi connectivity index (χ2n) is 9.26. The van der Waals surface area contributed by atoms with Crippen LogP contribution in [0.5, 0.6) is 0 Å². The van der Waals surface area contributed by atoms with Crippen LogP contribution in [-0.2, 0) is 11.5 Å². The van der Waals surface area contributed by atoms with Gasteiger partial charge in [0.25, 0.3) is 0 Å². The van der Waals surface area contributed by atoms with Crippen LogP contribution in [0, 0.1) is 5.92 Å². The Kier molecular flexibility index (Phi) is 7.29. The number of anilines is 1. The van der Waals surface area contributed by atoms with Gasteiger partial charge >= 0.3 is 6.03 Å². The molecule has 2 amide bonds. The van der Waals surface area contributed by atoms with E-state index < -0.39 is 8.07 Å². The summed E-state index contributed by atoms with van der Waals surface area (Å²) in [5, 5.41) is 5.97. The molecule has 160 valence electrons. The average molecular weight is 418 g/mol. The number of urea groups is 1. The molecule has 2 heterocycles. The molecule has 1 saturated carbocycles. The summed E-state index contributed by atoms with van der Waals surface area (Å²) in [4.78, 5) is 21.4. The fourth-order valence-electron chi connectivity index (χ4n) is 3.87. The topological polar surface area (TPSA) is 81.1 Å². The van der Waals surface area contributed by atoms with Crippen molar-refractivity contribution in [3.05, 3.63) is 18.5 Å². The van der Waals surface area contributed by atoms with E-state index in [1.54, 1.807) is 6.20 Å². The van der Waals surface area contributed by atoms with Crippen LogP contribution < -0.4 is 10.6 Å². The Morgan fingerprint density at radius 2 is 2.10 bits per heavy atom. The highest BCUT2D eigenvalue weighted by molar-refractivity contribution is 6.76. The third kappa shape index (κ3) is 6.27. The minimum atomic E-state index is -1.09. The van der Waals surface area contributed by atoms with E-state index in [0.29, 0.717) is 18.5 Å². The van der Waals surface area contributed by atoms with Gasteiger partial charge in [0.15, 0.2) is 11.5 Å². The van der Waals surface area contributed by atoms with Gasteiger partial charge in [0.1, 0.15) is 12.2 Å². The van der Waals surface area contributed by atoms with Crippen molar-refractivity contribution < 1.29 is 9.53 Å². The molecule has 2 aromatic rings. The fourth-order valence-corrected chi connectivity index (χ4v) is 4.63. The summed E-state index contributed by atoms with van der Waals surface area (Å²) in [7, 11) is -1.09. The Morgan fingerprint density at radius 1 is 1.31 bits per heavy atom. The van der Waals surface area contributed by atoms with Crippen LogP contribution in [0.4, 0.5) is 10.6 Å². The van der Waals surface area contributed by atoms with Gasteiger partial charge in [-0.2, -0.15) is 0 Å². The van der Waals surface area contributed by atoms with Crippen LogP contribution in [0.3, 0.4) is 0 Å². The van der Waals surface area contributed by atoms with Crippen molar-refractivity contribution in [1.29, 1.82) is 0 Å². The molecule has 8 heteroatoms. The number of carbonyl (C=O) groups excluding carboxylic acids is 1. The van der Waals surface area contributed by atoms with Gasteiger partial charge in [-0.3, -0.25) is 5.32 Å². The van der Waals surface area contributed by atoms with E-state index in [4.69, 9.17) is 4.74 Å². The zero-order valence-electron chi connectivity index (χ0n) is 18.2. The van der Waals surface area contributed by atoms with Crippen LogP contribution in [0.1, 0.15) is 39.0 Å². The minimum absolute atomic E-state index is 0.196. The maximum atomic E-state index is 12.4. The molecule has 29 heavy (non-hydrogen) atoms. The maximum Gasteiger partial charge on any atom is 0.320 e. The van der Waals surface area contributed by atoms with Crippen molar-refractivity contribution in [3.8, 4) is 0 Å². The Bertz CT molecular complexity index is 817. The van der Waals surface area contributed by atoms with Gasteiger partial charge in [-0.05, 0) is 30.9 Å². The second-order valence-corrected chi connectivity index (χ2v) is 14.9. The number of rotatable bonds is 8. The molecule has 2 aromatic heterocycles. The second kappa shape index (κ2) is 9.71. The molecule has 0 saturated heterocycles. The first kappa shape index (κ1) is 21.8. The van der Waals surface area contributed by atoms with Gasteiger partial charge in [0.05, 0.1) is 6.20 Å². The van der Waals surface area contributed by atoms with E-state index in [0.717, 1.165) is 36.7 Å². The van der Waals surface area contributed by atoms with E-state index in [1.807, 2.05) is 16.8 Å². The van der Waals surface area contributed by atoms with Crippen LogP contribution in [0.2, 0.25) is 25.7 Å². The highest BCUT2D eigenvalue weighted by Crippen LogP contribution is 2.26. The van der Waals surface area contributed by atoms with E-state index in [9.17, 15) is 4.79 Å². The van der Waals surface area contributed by atoms with Gasteiger partial charge in [-0.15, -0.1) is 0 Å². The number of hydrogen-bond donors (Lipinski definition) is 2. The number of hydrogen-bond acceptors (Lipinski definition) is 4. The van der Waals surface area contributed by atoms with E-state index in [-0.39, 0.29) is 12.1 Å². The number of amides is 2. The molecule has 3 rings (SSSR count). The maximum absolute atomic E-state index is 12.4. The largest absolute Gasteiger partial charge is 0.361 e. The number of nitrogens with one attached hydrogen (secondary N) is 2. The molecule has 0 spiro atoms. The van der Waals surface area contributed by atoms with Gasteiger partial charge in [0.2, 0.25) is 0 Å². The minimum Gasteiger partial charge on any atom is -0.361 e. The van der Waals surface area contributed by atoms with Gasteiger partial charge < -0.3 is 14.6 Å².